The van der Waals surface area contributed by atoms with Crippen molar-refractivity contribution in [2.45, 2.75) is 0 Å². The summed E-state index contributed by atoms with van der Waals surface area (Å²) in [5.74, 6) is -0.565. The van der Waals surface area contributed by atoms with Crippen molar-refractivity contribution in [1.29, 1.82) is 0 Å². The van der Waals surface area contributed by atoms with Gasteiger partial charge in [-0.15, -0.1) is 0 Å². The number of anilines is 1. The Labute approximate surface area is 97.0 Å². The fraction of sp³-hybridized carbons (Fsp3) is 0.0909. The van der Waals surface area contributed by atoms with Crippen LogP contribution in [0.4, 0.5) is 10.2 Å². The predicted molar refractivity (Wildman–Crippen MR) is 61.3 cm³/mol. The minimum absolute atomic E-state index is 0.245. The van der Waals surface area contributed by atoms with Gasteiger partial charge in [-0.1, -0.05) is 0 Å². The van der Waals surface area contributed by atoms with E-state index in [1.165, 1.54) is 23.9 Å². The lowest BCUT2D eigenvalue weighted by Gasteiger charge is -2.05. The minimum atomic E-state index is -0.533. The van der Waals surface area contributed by atoms with Gasteiger partial charge >= 0.3 is 0 Å². The van der Waals surface area contributed by atoms with Gasteiger partial charge in [0.15, 0.2) is 0 Å². The lowest BCUT2D eigenvalue weighted by atomic mass is 10.2. The van der Waals surface area contributed by atoms with Gasteiger partial charge in [0.25, 0.3) is 5.91 Å². The number of nitrogen functional groups attached to an aromatic ring is 1. The third-order valence-electron chi connectivity index (χ3n) is 2.29. The highest BCUT2D eigenvalue weighted by Crippen LogP contribution is 2.15. The maximum absolute atomic E-state index is 13.8. The molecule has 0 radical (unpaired) electrons. The SMILES string of the molecule is CNC(=O)c1ccc(-n2ccc(N)n2)c(F)c1. The molecule has 0 unspecified atom stereocenters. The van der Waals surface area contributed by atoms with Crippen LogP contribution in [0.25, 0.3) is 5.69 Å². The maximum atomic E-state index is 13.8. The van der Waals surface area contributed by atoms with Crippen LogP contribution >= 0.6 is 0 Å². The Balaban J connectivity index is 2.41. The van der Waals surface area contributed by atoms with Crippen molar-refractivity contribution in [2.24, 2.45) is 0 Å². The fourth-order valence-corrected chi connectivity index (χ4v) is 1.45. The van der Waals surface area contributed by atoms with E-state index in [9.17, 15) is 9.18 Å². The minimum Gasteiger partial charge on any atom is -0.382 e. The number of halogens is 1. The second-order valence-corrected chi connectivity index (χ2v) is 3.43. The van der Waals surface area contributed by atoms with Crippen LogP contribution in [0.15, 0.2) is 30.5 Å². The van der Waals surface area contributed by atoms with E-state index < -0.39 is 5.82 Å². The summed E-state index contributed by atoms with van der Waals surface area (Å²) in [5.41, 5.74) is 5.95. The highest BCUT2D eigenvalue weighted by Gasteiger charge is 2.10. The van der Waals surface area contributed by atoms with Crippen LogP contribution in [0.2, 0.25) is 0 Å². The molecule has 88 valence electrons. The van der Waals surface area contributed by atoms with E-state index >= 15 is 0 Å². The van der Waals surface area contributed by atoms with E-state index in [1.807, 2.05) is 0 Å². The Morgan fingerprint density at radius 1 is 1.47 bits per heavy atom. The summed E-state index contributed by atoms with van der Waals surface area (Å²) in [6.45, 7) is 0. The summed E-state index contributed by atoms with van der Waals surface area (Å²) in [6, 6.07) is 5.72. The highest BCUT2D eigenvalue weighted by atomic mass is 19.1. The molecule has 1 heterocycles. The summed E-state index contributed by atoms with van der Waals surface area (Å²) in [5, 5.41) is 6.31. The van der Waals surface area contributed by atoms with E-state index in [0.717, 1.165) is 6.07 Å². The van der Waals surface area contributed by atoms with Gasteiger partial charge in [0.1, 0.15) is 17.3 Å². The number of nitrogens with two attached hydrogens (primary N) is 1. The molecule has 0 aliphatic rings. The zero-order chi connectivity index (χ0) is 12.4. The number of nitrogens with one attached hydrogen (secondary N) is 1. The molecule has 0 bridgehead atoms. The lowest BCUT2D eigenvalue weighted by Crippen LogP contribution is -2.18. The molecule has 2 aromatic rings. The predicted octanol–water partition coefficient (Wildman–Crippen LogP) is 0.953. The number of amides is 1. The van der Waals surface area contributed by atoms with Crippen LogP contribution in [-0.2, 0) is 0 Å². The number of nitrogens with zero attached hydrogens (tertiary/aromatic N) is 2. The van der Waals surface area contributed by atoms with Crippen LogP contribution < -0.4 is 11.1 Å². The van der Waals surface area contributed by atoms with E-state index in [-0.39, 0.29) is 17.2 Å². The Hall–Kier alpha value is -2.37. The number of benzene rings is 1. The molecule has 2 rings (SSSR count). The first kappa shape index (κ1) is 11.1. The largest absolute Gasteiger partial charge is 0.382 e. The number of carbonyl (C=O) groups is 1. The van der Waals surface area contributed by atoms with Crippen LogP contribution in [0, 0.1) is 5.82 Å². The van der Waals surface area contributed by atoms with Crippen molar-refractivity contribution in [3.63, 3.8) is 0 Å². The summed E-state index contributed by atoms with van der Waals surface area (Å²) in [6.07, 6.45) is 1.55. The monoisotopic (exact) mass is 234 g/mol. The number of carbonyl (C=O) groups excluding carboxylic acids is 1. The molecular formula is C11H11FN4O. The Morgan fingerprint density at radius 3 is 2.76 bits per heavy atom. The maximum Gasteiger partial charge on any atom is 0.251 e. The van der Waals surface area contributed by atoms with E-state index in [4.69, 9.17) is 5.73 Å². The topological polar surface area (TPSA) is 72.9 Å². The van der Waals surface area contributed by atoms with Gasteiger partial charge in [-0.25, -0.2) is 9.07 Å². The molecule has 1 amide bonds. The van der Waals surface area contributed by atoms with Gasteiger partial charge in [-0.3, -0.25) is 4.79 Å². The molecule has 6 heteroatoms. The van der Waals surface area contributed by atoms with Crippen molar-refractivity contribution in [3.05, 3.63) is 41.8 Å². The van der Waals surface area contributed by atoms with E-state index in [2.05, 4.69) is 10.4 Å². The first-order chi connectivity index (χ1) is 8.11. The Kier molecular flexibility index (Phi) is 2.78. The second kappa shape index (κ2) is 4.25. The van der Waals surface area contributed by atoms with Gasteiger partial charge in [0.2, 0.25) is 0 Å². The summed E-state index contributed by atoms with van der Waals surface area (Å²) in [7, 11) is 1.49. The molecular weight excluding hydrogens is 223 g/mol. The molecule has 1 aromatic carbocycles. The molecule has 0 fully saturated rings. The zero-order valence-electron chi connectivity index (χ0n) is 9.14. The third kappa shape index (κ3) is 2.10. The number of aromatic nitrogens is 2. The second-order valence-electron chi connectivity index (χ2n) is 3.43. The fourth-order valence-electron chi connectivity index (χ4n) is 1.45. The molecule has 0 saturated heterocycles. The van der Waals surface area contributed by atoms with Crippen LogP contribution in [0.3, 0.4) is 0 Å². The average Bonchev–Trinajstić information content (AvgIpc) is 2.74. The summed E-state index contributed by atoms with van der Waals surface area (Å²) < 4.78 is 15.1. The van der Waals surface area contributed by atoms with Crippen molar-refractivity contribution < 1.29 is 9.18 Å². The van der Waals surface area contributed by atoms with Crippen molar-refractivity contribution >= 4 is 11.7 Å². The Morgan fingerprint density at radius 2 is 2.24 bits per heavy atom. The van der Waals surface area contributed by atoms with Gasteiger partial charge in [0, 0.05) is 24.9 Å². The highest BCUT2D eigenvalue weighted by molar-refractivity contribution is 5.94. The first-order valence-corrected chi connectivity index (χ1v) is 4.95. The zero-order valence-corrected chi connectivity index (χ0v) is 9.14. The average molecular weight is 234 g/mol. The first-order valence-electron chi connectivity index (χ1n) is 4.95. The third-order valence-corrected chi connectivity index (χ3v) is 2.29. The standard InChI is InChI=1S/C11H11FN4O/c1-14-11(17)7-2-3-9(8(12)6-7)16-5-4-10(13)15-16/h2-6H,1H3,(H2,13,15)(H,14,17). The molecule has 0 aliphatic heterocycles. The van der Waals surface area contributed by atoms with Crippen LogP contribution in [0.5, 0.6) is 0 Å². The van der Waals surface area contributed by atoms with Crippen molar-refractivity contribution in [1.82, 2.24) is 15.1 Å². The Bertz CT molecular complexity index is 564. The molecule has 3 N–H and O–H groups in total. The smallest absolute Gasteiger partial charge is 0.251 e. The molecule has 0 saturated carbocycles. The molecule has 17 heavy (non-hydrogen) atoms. The van der Waals surface area contributed by atoms with Gasteiger partial charge < -0.3 is 11.1 Å². The molecule has 1 aromatic heterocycles. The lowest BCUT2D eigenvalue weighted by molar-refractivity contribution is 0.0962. The van der Waals surface area contributed by atoms with Gasteiger partial charge in [0.05, 0.1) is 0 Å². The molecule has 0 aliphatic carbocycles. The molecule has 5 nitrogen and oxygen atoms in total. The summed E-state index contributed by atoms with van der Waals surface area (Å²) in [4.78, 5) is 11.3. The number of rotatable bonds is 2. The van der Waals surface area contributed by atoms with Crippen molar-refractivity contribution in [3.8, 4) is 5.69 Å². The molecule has 0 spiro atoms. The normalized spacial score (nSPS) is 10.2. The van der Waals surface area contributed by atoms with Crippen molar-refractivity contribution in [2.75, 3.05) is 12.8 Å². The number of hydrogen-bond donors (Lipinski definition) is 2. The van der Waals surface area contributed by atoms with Crippen LogP contribution in [-0.4, -0.2) is 22.7 Å². The quantitative estimate of drug-likeness (QED) is 0.812. The van der Waals surface area contributed by atoms with Crippen LogP contribution in [0.1, 0.15) is 10.4 Å². The van der Waals surface area contributed by atoms with E-state index in [0.29, 0.717) is 5.82 Å². The molecule has 0 atom stereocenters. The van der Waals surface area contributed by atoms with E-state index in [1.54, 1.807) is 12.3 Å². The van der Waals surface area contributed by atoms with Gasteiger partial charge in [-0.2, -0.15) is 5.10 Å². The summed E-state index contributed by atoms with van der Waals surface area (Å²) >= 11 is 0. The van der Waals surface area contributed by atoms with Gasteiger partial charge in [-0.05, 0) is 18.2 Å². The number of hydrogen-bond acceptors (Lipinski definition) is 3.